The predicted octanol–water partition coefficient (Wildman–Crippen LogP) is 2.79. The maximum atomic E-state index is 6.05. The Morgan fingerprint density at radius 1 is 1.25 bits per heavy atom. The Morgan fingerprint density at radius 3 is 2.79 bits per heavy atom. The van der Waals surface area contributed by atoms with Crippen LogP contribution in [-0.2, 0) is 20.1 Å². The first-order valence-electron chi connectivity index (χ1n) is 9.71. The molecule has 1 fully saturated rings. The number of aliphatic imine (C=N–C) groups is 1. The molecular weight excluding hydrogens is 469 g/mol. The molecule has 0 spiro atoms. The van der Waals surface area contributed by atoms with Crippen LogP contribution in [0, 0.1) is 0 Å². The van der Waals surface area contributed by atoms with Crippen LogP contribution in [0.3, 0.4) is 0 Å². The molecule has 0 atom stereocenters. The van der Waals surface area contributed by atoms with Gasteiger partial charge in [0.2, 0.25) is 5.88 Å². The molecule has 1 saturated carbocycles. The van der Waals surface area contributed by atoms with E-state index in [2.05, 4.69) is 30.7 Å². The molecule has 1 aliphatic rings. The fraction of sp³-hybridized carbons (Fsp3) is 0.579. The number of nitrogens with zero attached hydrogens (tertiary/aromatic N) is 5. The van der Waals surface area contributed by atoms with Gasteiger partial charge >= 0.3 is 0 Å². The Kier molecular flexibility index (Phi) is 9.45. The zero-order chi connectivity index (χ0) is 18.9. The summed E-state index contributed by atoms with van der Waals surface area (Å²) in [7, 11) is 1.87. The highest BCUT2D eigenvalue weighted by Crippen LogP contribution is 2.22. The van der Waals surface area contributed by atoms with Crippen LogP contribution in [-0.4, -0.2) is 38.4 Å². The summed E-state index contributed by atoms with van der Waals surface area (Å²) in [6, 6.07) is 3.97. The highest BCUT2D eigenvalue weighted by molar-refractivity contribution is 14.0. The minimum atomic E-state index is 0. The Balaban J connectivity index is 0.00000280. The van der Waals surface area contributed by atoms with Crippen molar-refractivity contribution < 1.29 is 4.74 Å². The van der Waals surface area contributed by atoms with Gasteiger partial charge in [-0.05, 0) is 44.2 Å². The van der Waals surface area contributed by atoms with E-state index in [9.17, 15) is 0 Å². The van der Waals surface area contributed by atoms with E-state index in [1.165, 1.54) is 19.3 Å². The van der Waals surface area contributed by atoms with Gasteiger partial charge in [-0.25, -0.2) is 15.0 Å². The Labute approximate surface area is 183 Å². The van der Waals surface area contributed by atoms with Crippen molar-refractivity contribution in [2.45, 2.75) is 58.2 Å². The predicted molar refractivity (Wildman–Crippen MR) is 120 cm³/mol. The summed E-state index contributed by atoms with van der Waals surface area (Å²) < 4.78 is 7.80. The summed E-state index contributed by atoms with van der Waals surface area (Å²) in [5.74, 6) is 2.30. The molecule has 154 valence electrons. The molecule has 0 unspecified atom stereocenters. The molecule has 2 aromatic rings. The largest absolute Gasteiger partial charge is 0.474 e. The van der Waals surface area contributed by atoms with Gasteiger partial charge in [0, 0.05) is 25.9 Å². The summed E-state index contributed by atoms with van der Waals surface area (Å²) >= 11 is 0. The lowest BCUT2D eigenvalue weighted by atomic mass is 9.98. The zero-order valence-electron chi connectivity index (χ0n) is 16.6. The lowest BCUT2D eigenvalue weighted by Gasteiger charge is -2.22. The molecule has 2 N–H and O–H groups in total. The smallest absolute Gasteiger partial charge is 0.213 e. The Bertz CT molecular complexity index is 743. The Hall–Kier alpha value is -1.91. The van der Waals surface area contributed by atoms with Crippen LogP contribution in [0.4, 0.5) is 0 Å². The van der Waals surface area contributed by atoms with Gasteiger partial charge < -0.3 is 15.4 Å². The summed E-state index contributed by atoms with van der Waals surface area (Å²) in [5.41, 5.74) is 1.08. The lowest BCUT2D eigenvalue weighted by Crippen LogP contribution is -2.37. The van der Waals surface area contributed by atoms with Gasteiger partial charge in [0.15, 0.2) is 5.96 Å². The van der Waals surface area contributed by atoms with E-state index in [1.54, 1.807) is 17.2 Å². The molecule has 0 radical (unpaired) electrons. The Morgan fingerprint density at radius 2 is 2.07 bits per heavy atom. The molecule has 3 rings (SSSR count). The van der Waals surface area contributed by atoms with Gasteiger partial charge in [-0.1, -0.05) is 6.42 Å². The number of pyridine rings is 1. The first-order valence-corrected chi connectivity index (χ1v) is 9.71. The molecule has 0 bridgehead atoms. The topological polar surface area (TPSA) is 89.2 Å². The van der Waals surface area contributed by atoms with Crippen LogP contribution in [0.15, 0.2) is 29.6 Å². The van der Waals surface area contributed by atoms with Crippen molar-refractivity contribution in [1.82, 2.24) is 30.4 Å². The molecule has 0 saturated heterocycles. The standard InChI is InChI=1S/C19H29N7O.HI/c1-3-20-19(23-13-17-24-14-25-26(17)2)22-12-15-9-10-21-18(11-15)27-16-7-5-4-6-8-16;/h9-11,14,16H,3-8,12-13H2,1-2H3,(H2,20,22,23);1H. The minimum Gasteiger partial charge on any atom is -0.474 e. The number of guanidine groups is 1. The van der Waals surface area contributed by atoms with Crippen LogP contribution in [0.25, 0.3) is 0 Å². The second-order valence-electron chi connectivity index (χ2n) is 6.73. The summed E-state index contributed by atoms with van der Waals surface area (Å²) in [5, 5.41) is 10.6. The van der Waals surface area contributed by atoms with Crippen molar-refractivity contribution in [3.63, 3.8) is 0 Å². The fourth-order valence-corrected chi connectivity index (χ4v) is 3.12. The number of nitrogens with one attached hydrogen (secondary N) is 2. The van der Waals surface area contributed by atoms with E-state index in [1.807, 2.05) is 26.1 Å². The van der Waals surface area contributed by atoms with Gasteiger partial charge in [-0.3, -0.25) is 4.68 Å². The van der Waals surface area contributed by atoms with Gasteiger partial charge in [0.05, 0.1) is 13.1 Å². The number of rotatable bonds is 7. The molecule has 0 amide bonds. The third-order valence-electron chi connectivity index (χ3n) is 4.62. The second kappa shape index (κ2) is 11.8. The normalized spacial score (nSPS) is 15.0. The molecule has 1 aliphatic carbocycles. The highest BCUT2D eigenvalue weighted by Gasteiger charge is 2.15. The molecule has 8 nitrogen and oxygen atoms in total. The molecule has 0 aliphatic heterocycles. The highest BCUT2D eigenvalue weighted by atomic mass is 127. The molecule has 28 heavy (non-hydrogen) atoms. The van der Waals surface area contributed by atoms with Crippen LogP contribution in [0.1, 0.15) is 50.4 Å². The summed E-state index contributed by atoms with van der Waals surface area (Å²) in [6.45, 7) is 3.95. The first kappa shape index (κ1) is 22.4. The maximum absolute atomic E-state index is 6.05. The van der Waals surface area contributed by atoms with E-state index in [-0.39, 0.29) is 24.0 Å². The number of ether oxygens (including phenoxy) is 1. The molecule has 2 heterocycles. The van der Waals surface area contributed by atoms with Crippen molar-refractivity contribution >= 4 is 29.9 Å². The van der Waals surface area contributed by atoms with E-state index < -0.39 is 0 Å². The van der Waals surface area contributed by atoms with E-state index in [4.69, 9.17) is 4.74 Å². The number of halogens is 1. The molecule has 0 aromatic carbocycles. The summed E-state index contributed by atoms with van der Waals surface area (Å²) in [4.78, 5) is 13.2. The number of hydrogen-bond donors (Lipinski definition) is 2. The third kappa shape index (κ3) is 6.92. The number of hydrogen-bond acceptors (Lipinski definition) is 5. The van der Waals surface area contributed by atoms with Crippen molar-refractivity contribution in [2.75, 3.05) is 6.54 Å². The van der Waals surface area contributed by atoms with Crippen molar-refractivity contribution in [1.29, 1.82) is 0 Å². The van der Waals surface area contributed by atoms with Crippen LogP contribution in [0.5, 0.6) is 5.88 Å². The van der Waals surface area contributed by atoms with E-state index in [0.29, 0.717) is 25.1 Å². The van der Waals surface area contributed by atoms with Crippen molar-refractivity contribution in [3.8, 4) is 5.88 Å². The molecule has 9 heteroatoms. The van der Waals surface area contributed by atoms with Crippen LogP contribution >= 0.6 is 24.0 Å². The quantitative estimate of drug-likeness (QED) is 0.346. The monoisotopic (exact) mass is 499 g/mol. The van der Waals surface area contributed by atoms with Crippen LogP contribution in [0.2, 0.25) is 0 Å². The van der Waals surface area contributed by atoms with E-state index in [0.717, 1.165) is 36.7 Å². The number of aryl methyl sites for hydroxylation is 1. The lowest BCUT2D eigenvalue weighted by molar-refractivity contribution is 0.148. The SMILES string of the molecule is CCNC(=NCc1ccnc(OC2CCCCC2)c1)NCc1ncnn1C.I. The van der Waals surface area contributed by atoms with Gasteiger partial charge in [-0.2, -0.15) is 5.10 Å². The van der Waals surface area contributed by atoms with Crippen molar-refractivity contribution in [2.24, 2.45) is 12.0 Å². The molecular formula is C19H30IN7O. The fourth-order valence-electron chi connectivity index (χ4n) is 3.12. The maximum Gasteiger partial charge on any atom is 0.213 e. The average molecular weight is 499 g/mol. The summed E-state index contributed by atoms with van der Waals surface area (Å²) in [6.07, 6.45) is 9.71. The van der Waals surface area contributed by atoms with Crippen molar-refractivity contribution in [3.05, 3.63) is 36.0 Å². The van der Waals surface area contributed by atoms with E-state index >= 15 is 0 Å². The number of aromatic nitrogens is 4. The zero-order valence-corrected chi connectivity index (χ0v) is 18.9. The van der Waals surface area contributed by atoms with Gasteiger partial charge in [-0.15, -0.1) is 24.0 Å². The first-order chi connectivity index (χ1) is 13.2. The van der Waals surface area contributed by atoms with Crippen LogP contribution < -0.4 is 15.4 Å². The average Bonchev–Trinajstić information content (AvgIpc) is 3.10. The molecule has 2 aromatic heterocycles. The minimum absolute atomic E-state index is 0. The van der Waals surface area contributed by atoms with Gasteiger partial charge in [0.25, 0.3) is 0 Å². The third-order valence-corrected chi connectivity index (χ3v) is 4.62. The van der Waals surface area contributed by atoms with Gasteiger partial charge in [0.1, 0.15) is 18.3 Å². The second-order valence-corrected chi connectivity index (χ2v) is 6.73.